The Bertz CT molecular complexity index is 485. The molecule has 2 atom stereocenters. The molecule has 0 aliphatic carbocycles. The first-order valence-electron chi connectivity index (χ1n) is 4.94. The molecule has 4 heteroatoms. The maximum absolute atomic E-state index is 11.0. The van der Waals surface area contributed by atoms with Gasteiger partial charge in [0.05, 0.1) is 0 Å². The lowest BCUT2D eigenvalue weighted by Crippen LogP contribution is -2.24. The summed E-state index contributed by atoms with van der Waals surface area (Å²) in [5, 5.41) is 20.3. The average Bonchev–Trinajstić information content (AvgIpc) is 2.70. The molecule has 1 aromatic carbocycles. The van der Waals surface area contributed by atoms with Gasteiger partial charge in [-0.25, -0.2) is 0 Å². The summed E-state index contributed by atoms with van der Waals surface area (Å²) in [5.74, 6) is -0.426. The molecule has 0 saturated heterocycles. The maximum atomic E-state index is 11.0. The molecule has 0 radical (unpaired) electrons. The minimum atomic E-state index is -1.34. The van der Waals surface area contributed by atoms with Gasteiger partial charge in [0, 0.05) is 9.58 Å². The van der Waals surface area contributed by atoms with E-state index < -0.39 is 18.0 Å². The molecule has 3 nitrogen and oxygen atoms in total. The molecule has 2 rings (SSSR count). The lowest BCUT2D eigenvalue weighted by molar-refractivity contribution is -0.130. The van der Waals surface area contributed by atoms with Gasteiger partial charge in [-0.1, -0.05) is 18.2 Å². The number of thiophene rings is 1. The van der Waals surface area contributed by atoms with Gasteiger partial charge in [0.1, 0.15) is 12.2 Å². The standard InChI is InChI=1S/C12H12O3S/c1-7(13)11(14)12(15)10-6-8-4-2-3-5-9(8)16-10/h2-6,11-12,14-15H,1H3/t11-,12?/m1/s1. The zero-order valence-electron chi connectivity index (χ0n) is 8.75. The summed E-state index contributed by atoms with van der Waals surface area (Å²) in [5.41, 5.74) is 0. The van der Waals surface area contributed by atoms with Crippen molar-refractivity contribution in [2.45, 2.75) is 19.1 Å². The first-order valence-corrected chi connectivity index (χ1v) is 5.76. The number of aliphatic hydroxyl groups excluding tert-OH is 2. The second-order valence-electron chi connectivity index (χ2n) is 3.69. The summed E-state index contributed by atoms with van der Waals surface area (Å²) in [7, 11) is 0. The van der Waals surface area contributed by atoms with Crippen LogP contribution in [0.1, 0.15) is 17.9 Å². The van der Waals surface area contributed by atoms with Crippen LogP contribution in [-0.4, -0.2) is 22.1 Å². The van der Waals surface area contributed by atoms with Crippen LogP contribution in [0, 0.1) is 0 Å². The molecular weight excluding hydrogens is 224 g/mol. The van der Waals surface area contributed by atoms with Crippen LogP contribution in [0.4, 0.5) is 0 Å². The van der Waals surface area contributed by atoms with Crippen LogP contribution in [0.25, 0.3) is 10.1 Å². The van der Waals surface area contributed by atoms with E-state index in [1.165, 1.54) is 18.3 Å². The number of rotatable bonds is 3. The Kier molecular flexibility index (Phi) is 3.05. The van der Waals surface area contributed by atoms with E-state index in [4.69, 9.17) is 0 Å². The average molecular weight is 236 g/mol. The van der Waals surface area contributed by atoms with E-state index in [-0.39, 0.29) is 0 Å². The van der Waals surface area contributed by atoms with Crippen molar-refractivity contribution in [3.63, 3.8) is 0 Å². The van der Waals surface area contributed by atoms with Crippen LogP contribution >= 0.6 is 11.3 Å². The van der Waals surface area contributed by atoms with Gasteiger partial charge in [-0.15, -0.1) is 11.3 Å². The zero-order valence-corrected chi connectivity index (χ0v) is 9.57. The van der Waals surface area contributed by atoms with Crippen molar-refractivity contribution in [3.8, 4) is 0 Å². The lowest BCUT2D eigenvalue weighted by Gasteiger charge is -2.12. The third-order valence-electron chi connectivity index (χ3n) is 2.45. The number of benzene rings is 1. The monoisotopic (exact) mass is 236 g/mol. The number of hydrogen-bond donors (Lipinski definition) is 2. The smallest absolute Gasteiger partial charge is 0.161 e. The molecule has 1 heterocycles. The molecule has 2 aromatic rings. The predicted molar refractivity (Wildman–Crippen MR) is 63.5 cm³/mol. The number of ketones is 1. The van der Waals surface area contributed by atoms with Gasteiger partial charge in [0.2, 0.25) is 0 Å². The first kappa shape index (κ1) is 11.3. The highest BCUT2D eigenvalue weighted by Crippen LogP contribution is 2.31. The summed E-state index contributed by atoms with van der Waals surface area (Å²) in [6.07, 6.45) is -2.47. The molecule has 2 N–H and O–H groups in total. The lowest BCUT2D eigenvalue weighted by atomic mass is 10.1. The van der Waals surface area contributed by atoms with Crippen molar-refractivity contribution in [2.24, 2.45) is 0 Å². The van der Waals surface area contributed by atoms with Crippen LogP contribution in [0.5, 0.6) is 0 Å². The second-order valence-corrected chi connectivity index (χ2v) is 4.80. The van der Waals surface area contributed by atoms with Crippen LogP contribution in [0.3, 0.4) is 0 Å². The molecule has 84 valence electrons. The summed E-state index contributed by atoms with van der Waals surface area (Å²) in [4.78, 5) is 11.6. The molecule has 1 aromatic heterocycles. The molecule has 0 spiro atoms. The third kappa shape index (κ3) is 2.00. The summed E-state index contributed by atoms with van der Waals surface area (Å²) in [6, 6.07) is 9.50. The molecule has 16 heavy (non-hydrogen) atoms. The van der Waals surface area contributed by atoms with Crippen LogP contribution < -0.4 is 0 Å². The number of Topliss-reactive ketones (excluding diaryl/α,β-unsaturated/α-hetero) is 1. The highest BCUT2D eigenvalue weighted by atomic mass is 32.1. The van der Waals surface area contributed by atoms with Crippen LogP contribution in [-0.2, 0) is 4.79 Å². The minimum Gasteiger partial charge on any atom is -0.384 e. The van der Waals surface area contributed by atoms with Gasteiger partial charge in [-0.3, -0.25) is 4.79 Å². The van der Waals surface area contributed by atoms with Gasteiger partial charge in [0.15, 0.2) is 5.78 Å². The normalized spacial score (nSPS) is 14.9. The SMILES string of the molecule is CC(=O)[C@@H](O)C(O)c1cc2ccccc2s1. The molecule has 0 saturated carbocycles. The van der Waals surface area contributed by atoms with E-state index >= 15 is 0 Å². The number of aliphatic hydroxyl groups is 2. The van der Waals surface area contributed by atoms with Crippen molar-refractivity contribution in [2.75, 3.05) is 0 Å². The Morgan fingerprint density at radius 3 is 2.62 bits per heavy atom. The summed E-state index contributed by atoms with van der Waals surface area (Å²) < 4.78 is 1.03. The highest BCUT2D eigenvalue weighted by molar-refractivity contribution is 7.19. The largest absolute Gasteiger partial charge is 0.384 e. The maximum Gasteiger partial charge on any atom is 0.161 e. The van der Waals surface area contributed by atoms with Gasteiger partial charge in [-0.05, 0) is 24.4 Å². The molecule has 1 unspecified atom stereocenters. The van der Waals surface area contributed by atoms with E-state index in [1.807, 2.05) is 24.3 Å². The van der Waals surface area contributed by atoms with Gasteiger partial charge >= 0.3 is 0 Å². The van der Waals surface area contributed by atoms with E-state index in [9.17, 15) is 15.0 Å². The molecule has 0 amide bonds. The van der Waals surface area contributed by atoms with Crippen molar-refractivity contribution >= 4 is 27.2 Å². The number of fused-ring (bicyclic) bond motifs is 1. The molecule has 0 fully saturated rings. The Balaban J connectivity index is 2.36. The molecular formula is C12H12O3S. The van der Waals surface area contributed by atoms with Crippen molar-refractivity contribution in [1.29, 1.82) is 0 Å². The highest BCUT2D eigenvalue weighted by Gasteiger charge is 2.23. The Morgan fingerprint density at radius 2 is 2.00 bits per heavy atom. The van der Waals surface area contributed by atoms with E-state index in [2.05, 4.69) is 0 Å². The number of hydrogen-bond acceptors (Lipinski definition) is 4. The first-order chi connectivity index (χ1) is 7.59. The molecule has 0 aliphatic heterocycles. The third-order valence-corrected chi connectivity index (χ3v) is 3.64. The second kappa shape index (κ2) is 4.33. The predicted octanol–water partition coefficient (Wildman–Crippen LogP) is 1.88. The Hall–Kier alpha value is -1.23. The van der Waals surface area contributed by atoms with E-state index in [1.54, 1.807) is 6.07 Å². The van der Waals surface area contributed by atoms with Crippen molar-refractivity contribution < 1.29 is 15.0 Å². The van der Waals surface area contributed by atoms with Crippen LogP contribution in [0.2, 0.25) is 0 Å². The quantitative estimate of drug-likeness (QED) is 0.855. The fraction of sp³-hybridized carbons (Fsp3) is 0.250. The molecule has 0 bridgehead atoms. The Labute approximate surface area is 97.0 Å². The summed E-state index contributed by atoms with van der Waals surface area (Å²) >= 11 is 1.39. The van der Waals surface area contributed by atoms with Gasteiger partial charge < -0.3 is 10.2 Å². The van der Waals surface area contributed by atoms with Crippen molar-refractivity contribution in [1.82, 2.24) is 0 Å². The zero-order chi connectivity index (χ0) is 11.7. The fourth-order valence-electron chi connectivity index (χ4n) is 1.53. The number of carbonyl (C=O) groups is 1. The topological polar surface area (TPSA) is 57.5 Å². The van der Waals surface area contributed by atoms with Crippen molar-refractivity contribution in [3.05, 3.63) is 35.2 Å². The van der Waals surface area contributed by atoms with Gasteiger partial charge in [-0.2, -0.15) is 0 Å². The van der Waals surface area contributed by atoms with Gasteiger partial charge in [0.25, 0.3) is 0 Å². The van der Waals surface area contributed by atoms with E-state index in [0.717, 1.165) is 10.1 Å². The fourth-order valence-corrected chi connectivity index (χ4v) is 2.61. The Morgan fingerprint density at radius 1 is 1.31 bits per heavy atom. The van der Waals surface area contributed by atoms with Crippen LogP contribution in [0.15, 0.2) is 30.3 Å². The number of carbonyl (C=O) groups excluding carboxylic acids is 1. The minimum absolute atomic E-state index is 0.426. The molecule has 0 aliphatic rings. The summed E-state index contributed by atoms with van der Waals surface area (Å²) in [6.45, 7) is 1.27. The van der Waals surface area contributed by atoms with E-state index in [0.29, 0.717) is 4.88 Å².